The van der Waals surface area contributed by atoms with Crippen LogP contribution in [0.25, 0.3) is 0 Å². The molecule has 0 aromatic heterocycles. The van der Waals surface area contributed by atoms with E-state index in [-0.39, 0.29) is 5.91 Å². The number of anilines is 1. The number of benzene rings is 2. The van der Waals surface area contributed by atoms with Crippen LogP contribution in [0, 0.1) is 5.92 Å². The van der Waals surface area contributed by atoms with Gasteiger partial charge in [-0.15, -0.1) is 0 Å². The van der Waals surface area contributed by atoms with Gasteiger partial charge in [-0.2, -0.15) is 0 Å². The molecule has 108 valence electrons. The van der Waals surface area contributed by atoms with Crippen molar-refractivity contribution < 1.29 is 4.79 Å². The smallest absolute Gasteiger partial charge is 0.255 e. The van der Waals surface area contributed by atoms with Gasteiger partial charge < -0.3 is 5.32 Å². The van der Waals surface area contributed by atoms with Gasteiger partial charge in [-0.05, 0) is 59.9 Å². The van der Waals surface area contributed by atoms with Crippen molar-refractivity contribution in [3.63, 3.8) is 0 Å². The predicted octanol–water partition coefficient (Wildman–Crippen LogP) is 3.79. The monoisotopic (exact) mass is 300 g/mol. The van der Waals surface area contributed by atoms with Gasteiger partial charge in [0.1, 0.15) is 0 Å². The lowest BCUT2D eigenvalue weighted by Gasteiger charge is -2.07. The molecule has 3 nitrogen and oxygen atoms in total. The Morgan fingerprint density at radius 3 is 2.71 bits per heavy atom. The molecule has 1 aliphatic carbocycles. The first-order valence-corrected chi connectivity index (χ1v) is 7.45. The van der Waals surface area contributed by atoms with Crippen molar-refractivity contribution in [2.24, 2.45) is 5.92 Å². The summed E-state index contributed by atoms with van der Waals surface area (Å²) in [6, 6.07) is 17.3. The molecule has 4 heteroatoms. The van der Waals surface area contributed by atoms with Crippen molar-refractivity contribution in [1.29, 1.82) is 0 Å². The van der Waals surface area contributed by atoms with Gasteiger partial charge in [0.15, 0.2) is 0 Å². The Morgan fingerprint density at radius 2 is 1.95 bits per heavy atom. The molecule has 2 unspecified atom stereocenters. The normalized spacial score (nSPS) is 20.0. The van der Waals surface area contributed by atoms with Crippen LogP contribution in [0.5, 0.6) is 0 Å². The highest BCUT2D eigenvalue weighted by atomic mass is 35.5. The number of carbonyl (C=O) groups excluding carboxylic acids is 1. The van der Waals surface area contributed by atoms with Crippen molar-refractivity contribution in [2.75, 3.05) is 11.9 Å². The van der Waals surface area contributed by atoms with E-state index in [9.17, 15) is 4.79 Å². The number of amides is 1. The fraction of sp³-hybridized carbons (Fsp3) is 0.235. The lowest BCUT2D eigenvalue weighted by atomic mass is 10.1. The molecule has 0 bridgehead atoms. The molecule has 1 aliphatic rings. The molecule has 1 fully saturated rings. The number of nitrogens with one attached hydrogen (secondary N) is 2. The number of halogens is 1. The van der Waals surface area contributed by atoms with Gasteiger partial charge in [0.05, 0.1) is 0 Å². The van der Waals surface area contributed by atoms with E-state index in [4.69, 9.17) is 11.8 Å². The molecular weight excluding hydrogens is 284 g/mol. The van der Waals surface area contributed by atoms with Gasteiger partial charge in [0, 0.05) is 17.8 Å². The van der Waals surface area contributed by atoms with Crippen molar-refractivity contribution in [2.45, 2.75) is 12.3 Å². The van der Waals surface area contributed by atoms with Crippen LogP contribution < -0.4 is 10.2 Å². The third kappa shape index (κ3) is 3.43. The van der Waals surface area contributed by atoms with Crippen molar-refractivity contribution in [3.8, 4) is 0 Å². The van der Waals surface area contributed by atoms with Crippen LogP contribution in [0.15, 0.2) is 54.6 Å². The lowest BCUT2D eigenvalue weighted by molar-refractivity contribution is 0.102. The van der Waals surface area contributed by atoms with Crippen LogP contribution in [0.1, 0.15) is 28.3 Å². The lowest BCUT2D eigenvalue weighted by Crippen LogP contribution is -2.11. The van der Waals surface area contributed by atoms with Crippen LogP contribution in [0.4, 0.5) is 5.69 Å². The van der Waals surface area contributed by atoms with Crippen molar-refractivity contribution in [1.82, 2.24) is 4.84 Å². The van der Waals surface area contributed by atoms with Crippen LogP contribution in [0.2, 0.25) is 0 Å². The Morgan fingerprint density at radius 1 is 1.14 bits per heavy atom. The second kappa shape index (κ2) is 6.29. The first-order chi connectivity index (χ1) is 10.3. The van der Waals surface area contributed by atoms with E-state index in [0.717, 1.165) is 18.7 Å². The molecule has 0 aliphatic heterocycles. The van der Waals surface area contributed by atoms with Crippen molar-refractivity contribution in [3.05, 3.63) is 65.7 Å². The van der Waals surface area contributed by atoms with Gasteiger partial charge >= 0.3 is 0 Å². The zero-order valence-electron chi connectivity index (χ0n) is 11.6. The SMILES string of the molecule is O=C(Nc1cccc(C2CC2CNCl)c1)c1ccccc1. The molecule has 0 heterocycles. The van der Waals surface area contributed by atoms with Gasteiger partial charge in [0.25, 0.3) is 5.91 Å². The summed E-state index contributed by atoms with van der Waals surface area (Å²) in [6.07, 6.45) is 1.15. The van der Waals surface area contributed by atoms with Gasteiger partial charge in [0.2, 0.25) is 0 Å². The minimum Gasteiger partial charge on any atom is -0.322 e. The maximum absolute atomic E-state index is 12.1. The molecule has 0 spiro atoms. The molecule has 1 saturated carbocycles. The summed E-state index contributed by atoms with van der Waals surface area (Å²) in [6.45, 7) is 0.826. The molecule has 1 amide bonds. The molecule has 2 atom stereocenters. The summed E-state index contributed by atoms with van der Waals surface area (Å²) >= 11 is 5.55. The largest absolute Gasteiger partial charge is 0.322 e. The van der Waals surface area contributed by atoms with E-state index in [1.807, 2.05) is 42.5 Å². The number of rotatable bonds is 5. The summed E-state index contributed by atoms with van der Waals surface area (Å²) in [5.41, 5.74) is 2.77. The Kier molecular flexibility index (Phi) is 4.23. The van der Waals surface area contributed by atoms with Gasteiger partial charge in [-0.1, -0.05) is 30.3 Å². The summed E-state index contributed by atoms with van der Waals surface area (Å²) in [5.74, 6) is 1.06. The Bertz CT molecular complexity index is 630. The summed E-state index contributed by atoms with van der Waals surface area (Å²) in [5, 5.41) is 2.95. The maximum Gasteiger partial charge on any atom is 0.255 e. The summed E-state index contributed by atoms with van der Waals surface area (Å²) in [7, 11) is 0. The van der Waals surface area contributed by atoms with Crippen LogP contribution in [-0.2, 0) is 0 Å². The van der Waals surface area contributed by atoms with Gasteiger partial charge in [-0.25, -0.2) is 4.84 Å². The van der Waals surface area contributed by atoms with E-state index in [1.165, 1.54) is 5.56 Å². The van der Waals surface area contributed by atoms with E-state index >= 15 is 0 Å². The molecule has 0 radical (unpaired) electrons. The molecule has 2 aromatic carbocycles. The second-order valence-electron chi connectivity index (χ2n) is 5.39. The van der Waals surface area contributed by atoms with Crippen LogP contribution in [-0.4, -0.2) is 12.5 Å². The Balaban J connectivity index is 1.68. The first kappa shape index (κ1) is 14.1. The van der Waals surface area contributed by atoms with Crippen molar-refractivity contribution >= 4 is 23.4 Å². The third-order valence-corrected chi connectivity index (χ3v) is 4.02. The molecule has 0 saturated heterocycles. The summed E-state index contributed by atoms with van der Waals surface area (Å²) in [4.78, 5) is 14.8. The van der Waals surface area contributed by atoms with E-state index < -0.39 is 0 Å². The summed E-state index contributed by atoms with van der Waals surface area (Å²) < 4.78 is 0. The van der Waals surface area contributed by atoms with Gasteiger partial charge in [-0.3, -0.25) is 4.79 Å². The molecule has 21 heavy (non-hydrogen) atoms. The zero-order valence-corrected chi connectivity index (χ0v) is 12.3. The highest BCUT2D eigenvalue weighted by molar-refractivity contribution is 6.13. The average molecular weight is 301 g/mol. The minimum atomic E-state index is -0.0810. The average Bonchev–Trinajstić information content (AvgIpc) is 3.28. The zero-order chi connectivity index (χ0) is 14.7. The standard InChI is InChI=1S/C17H17ClN2O/c18-19-11-14-10-16(14)13-7-4-8-15(9-13)20-17(21)12-5-2-1-3-6-12/h1-9,14,16,19H,10-11H2,(H,20,21). The molecule has 2 N–H and O–H groups in total. The van der Waals surface area contributed by atoms with Crippen LogP contribution in [0.3, 0.4) is 0 Å². The quantitative estimate of drug-likeness (QED) is 0.825. The fourth-order valence-electron chi connectivity index (χ4n) is 2.62. The second-order valence-corrected chi connectivity index (χ2v) is 5.65. The van der Waals surface area contributed by atoms with E-state index in [1.54, 1.807) is 0 Å². The number of carbonyl (C=O) groups is 1. The Labute approximate surface area is 129 Å². The Hall–Kier alpha value is -1.84. The van der Waals surface area contributed by atoms with E-state index in [0.29, 0.717) is 17.4 Å². The highest BCUT2D eigenvalue weighted by Crippen LogP contribution is 2.47. The predicted molar refractivity (Wildman–Crippen MR) is 85.5 cm³/mol. The van der Waals surface area contributed by atoms with Crippen LogP contribution >= 0.6 is 11.8 Å². The fourth-order valence-corrected chi connectivity index (χ4v) is 2.82. The third-order valence-electron chi connectivity index (χ3n) is 3.87. The first-order valence-electron chi connectivity index (χ1n) is 7.08. The highest BCUT2D eigenvalue weighted by Gasteiger charge is 2.37. The molecular formula is C17H17ClN2O. The number of hydrogen-bond donors (Lipinski definition) is 2. The minimum absolute atomic E-state index is 0.0810. The van der Waals surface area contributed by atoms with E-state index in [2.05, 4.69) is 22.3 Å². The maximum atomic E-state index is 12.1. The topological polar surface area (TPSA) is 41.1 Å². The number of hydrogen-bond acceptors (Lipinski definition) is 2. The molecule has 2 aromatic rings. The molecule has 3 rings (SSSR count).